The lowest BCUT2D eigenvalue weighted by Crippen LogP contribution is -2.28. The van der Waals surface area contributed by atoms with Crippen molar-refractivity contribution in [1.29, 1.82) is 0 Å². The van der Waals surface area contributed by atoms with Gasteiger partial charge in [0.1, 0.15) is 17.6 Å². The fourth-order valence-electron chi connectivity index (χ4n) is 4.19. The molecule has 7 heteroatoms. The maximum Gasteiger partial charge on any atom is 0.124 e. The lowest BCUT2D eigenvalue weighted by atomic mass is 10.0. The molecule has 6 nitrogen and oxygen atoms in total. The molecular weight excluding hydrogens is 420 g/mol. The molecular formula is C21H21BrN4O2. The monoisotopic (exact) mass is 440 g/mol. The van der Waals surface area contributed by atoms with Crippen LogP contribution in [-0.4, -0.2) is 32.4 Å². The van der Waals surface area contributed by atoms with E-state index in [2.05, 4.69) is 43.6 Å². The highest BCUT2D eigenvalue weighted by atomic mass is 79.9. The zero-order valence-corrected chi connectivity index (χ0v) is 17.2. The van der Waals surface area contributed by atoms with E-state index in [1.54, 1.807) is 6.26 Å². The minimum Gasteiger partial charge on any atom is -0.378 e. The molecule has 1 aliphatic heterocycles. The lowest BCUT2D eigenvalue weighted by Gasteiger charge is -2.31. The summed E-state index contributed by atoms with van der Waals surface area (Å²) < 4.78 is 14.4. The first-order valence-electron chi connectivity index (χ1n) is 9.69. The molecule has 0 spiro atoms. The molecule has 1 fully saturated rings. The Morgan fingerprint density at radius 2 is 2.18 bits per heavy atom. The third-order valence-corrected chi connectivity index (χ3v) is 6.03. The first kappa shape index (κ1) is 17.8. The van der Waals surface area contributed by atoms with Crippen molar-refractivity contribution in [2.24, 2.45) is 0 Å². The first-order valence-corrected chi connectivity index (χ1v) is 10.5. The molecule has 1 saturated heterocycles. The van der Waals surface area contributed by atoms with Crippen molar-refractivity contribution in [1.82, 2.24) is 19.7 Å². The number of imidazole rings is 1. The van der Waals surface area contributed by atoms with Gasteiger partial charge < -0.3 is 13.8 Å². The van der Waals surface area contributed by atoms with Gasteiger partial charge in [0.25, 0.3) is 0 Å². The van der Waals surface area contributed by atoms with Gasteiger partial charge in [-0.15, -0.1) is 0 Å². The van der Waals surface area contributed by atoms with Crippen molar-refractivity contribution in [2.75, 3.05) is 6.61 Å². The molecule has 3 aromatic heterocycles. The fourth-order valence-corrected chi connectivity index (χ4v) is 4.55. The van der Waals surface area contributed by atoms with Gasteiger partial charge in [-0.3, -0.25) is 4.98 Å². The number of ether oxygens (including phenoxy) is 1. The predicted octanol–water partition coefficient (Wildman–Crippen LogP) is 5.06. The van der Waals surface area contributed by atoms with Crippen LogP contribution in [0, 0.1) is 0 Å². The molecule has 0 bridgehead atoms. The molecule has 1 aliphatic rings. The number of hydrogen-bond acceptors (Lipinski definition) is 5. The van der Waals surface area contributed by atoms with E-state index in [9.17, 15) is 0 Å². The van der Waals surface area contributed by atoms with Crippen LogP contribution >= 0.6 is 15.9 Å². The summed E-state index contributed by atoms with van der Waals surface area (Å²) in [6, 6.07) is 8.45. The highest BCUT2D eigenvalue weighted by Gasteiger charge is 2.27. The number of pyridine rings is 1. The van der Waals surface area contributed by atoms with Crippen molar-refractivity contribution >= 4 is 37.9 Å². The van der Waals surface area contributed by atoms with Crippen LogP contribution < -0.4 is 0 Å². The number of halogens is 1. The molecule has 0 aliphatic carbocycles. The molecule has 0 radical (unpaired) electrons. The van der Waals surface area contributed by atoms with Crippen LogP contribution in [0.1, 0.15) is 43.7 Å². The van der Waals surface area contributed by atoms with Gasteiger partial charge in [0, 0.05) is 28.6 Å². The third kappa shape index (κ3) is 3.12. The summed E-state index contributed by atoms with van der Waals surface area (Å²) in [6.45, 7) is 2.96. The molecule has 0 saturated carbocycles. The van der Waals surface area contributed by atoms with E-state index in [0.29, 0.717) is 12.5 Å². The molecule has 2 atom stereocenters. The number of hydrogen-bond donors (Lipinski definition) is 0. The Kier molecular flexibility index (Phi) is 4.64. The molecule has 5 rings (SSSR count). The smallest absolute Gasteiger partial charge is 0.124 e. The average molecular weight is 441 g/mol. The van der Waals surface area contributed by atoms with Gasteiger partial charge >= 0.3 is 0 Å². The first-order chi connectivity index (χ1) is 13.7. The Labute approximate surface area is 171 Å². The second kappa shape index (κ2) is 7.29. The van der Waals surface area contributed by atoms with Gasteiger partial charge in [0.2, 0.25) is 0 Å². The van der Waals surface area contributed by atoms with E-state index in [1.165, 1.54) is 0 Å². The summed E-state index contributed by atoms with van der Waals surface area (Å²) >= 11 is 3.62. The van der Waals surface area contributed by atoms with Crippen molar-refractivity contribution in [3.8, 4) is 0 Å². The maximum atomic E-state index is 5.94. The van der Waals surface area contributed by atoms with Crippen molar-refractivity contribution in [2.45, 2.75) is 44.8 Å². The molecule has 2 unspecified atom stereocenters. The van der Waals surface area contributed by atoms with E-state index in [0.717, 1.165) is 63.8 Å². The predicted molar refractivity (Wildman–Crippen MR) is 110 cm³/mol. The molecule has 1 aromatic carbocycles. The largest absolute Gasteiger partial charge is 0.378 e. The second-order valence-corrected chi connectivity index (χ2v) is 8.21. The van der Waals surface area contributed by atoms with Crippen LogP contribution in [0.15, 0.2) is 45.7 Å². The standard InChI is InChI=1S/C21H21BrN4O2/c1-2-16-11-15(6-7-27-16)26-20(10-14-5-8-28-25-14)24-19-12-23-18-4-3-13(22)9-17(18)21(19)26/h3-5,8-9,12,15-16H,2,6-7,10-11H2,1H3. The van der Waals surface area contributed by atoms with E-state index in [1.807, 2.05) is 24.4 Å². The SMILES string of the molecule is CCC1CC(n2c(Cc3ccon3)nc3cnc4ccc(Br)cc4c32)CCO1. The highest BCUT2D eigenvalue weighted by Crippen LogP contribution is 2.35. The van der Waals surface area contributed by atoms with Crippen molar-refractivity contribution in [3.63, 3.8) is 0 Å². The topological polar surface area (TPSA) is 66.0 Å². The maximum absolute atomic E-state index is 5.94. The third-order valence-electron chi connectivity index (χ3n) is 5.54. The van der Waals surface area contributed by atoms with E-state index in [-0.39, 0.29) is 6.10 Å². The van der Waals surface area contributed by atoms with Gasteiger partial charge in [0.15, 0.2) is 0 Å². The minimum absolute atomic E-state index is 0.288. The molecule has 28 heavy (non-hydrogen) atoms. The van der Waals surface area contributed by atoms with Crippen LogP contribution in [0.25, 0.3) is 21.9 Å². The zero-order chi connectivity index (χ0) is 19.1. The van der Waals surface area contributed by atoms with Crippen molar-refractivity contribution in [3.05, 3.63) is 52.7 Å². The quantitative estimate of drug-likeness (QED) is 0.443. The Balaban J connectivity index is 1.73. The number of aromatic nitrogens is 4. The van der Waals surface area contributed by atoms with Gasteiger partial charge in [-0.05, 0) is 37.5 Å². The number of fused-ring (bicyclic) bond motifs is 3. The molecule has 4 aromatic rings. The summed E-state index contributed by atoms with van der Waals surface area (Å²) in [5, 5.41) is 5.22. The summed E-state index contributed by atoms with van der Waals surface area (Å²) in [7, 11) is 0. The number of nitrogens with zero attached hydrogens (tertiary/aromatic N) is 4. The Hall–Kier alpha value is -2.25. The van der Waals surface area contributed by atoms with Gasteiger partial charge in [-0.25, -0.2) is 4.98 Å². The molecule has 4 heterocycles. The van der Waals surface area contributed by atoms with Crippen LogP contribution in [-0.2, 0) is 11.2 Å². The van der Waals surface area contributed by atoms with Gasteiger partial charge in [-0.2, -0.15) is 0 Å². The Morgan fingerprint density at radius 1 is 1.25 bits per heavy atom. The number of rotatable bonds is 4. The summed E-state index contributed by atoms with van der Waals surface area (Å²) in [5.74, 6) is 1.000. The van der Waals surface area contributed by atoms with Gasteiger partial charge in [0.05, 0.1) is 35.4 Å². The second-order valence-electron chi connectivity index (χ2n) is 7.30. The Bertz CT molecular complexity index is 1120. The normalized spacial score (nSPS) is 20.2. The summed E-state index contributed by atoms with van der Waals surface area (Å²) in [5.41, 5.74) is 3.92. The minimum atomic E-state index is 0.288. The van der Waals surface area contributed by atoms with E-state index < -0.39 is 0 Å². The molecule has 144 valence electrons. The zero-order valence-electron chi connectivity index (χ0n) is 15.6. The average Bonchev–Trinajstić information content (AvgIpc) is 3.35. The highest BCUT2D eigenvalue weighted by molar-refractivity contribution is 9.10. The fraction of sp³-hybridized carbons (Fsp3) is 0.381. The summed E-state index contributed by atoms with van der Waals surface area (Å²) in [4.78, 5) is 9.58. The van der Waals surface area contributed by atoms with E-state index in [4.69, 9.17) is 14.2 Å². The lowest BCUT2D eigenvalue weighted by molar-refractivity contribution is -0.00678. The summed E-state index contributed by atoms with van der Waals surface area (Å²) in [6.07, 6.45) is 7.40. The van der Waals surface area contributed by atoms with Crippen molar-refractivity contribution < 1.29 is 9.26 Å². The van der Waals surface area contributed by atoms with E-state index >= 15 is 0 Å². The van der Waals surface area contributed by atoms with Gasteiger partial charge in [-0.1, -0.05) is 28.0 Å². The molecule has 0 amide bonds. The van der Waals surface area contributed by atoms with Crippen LogP contribution in [0.3, 0.4) is 0 Å². The number of benzene rings is 1. The van der Waals surface area contributed by atoms with Crippen LogP contribution in [0.5, 0.6) is 0 Å². The molecule has 0 N–H and O–H groups in total. The Morgan fingerprint density at radius 3 is 3.00 bits per heavy atom. The van der Waals surface area contributed by atoms with Crippen LogP contribution in [0.2, 0.25) is 0 Å². The van der Waals surface area contributed by atoms with Crippen LogP contribution in [0.4, 0.5) is 0 Å².